The van der Waals surface area contributed by atoms with Crippen molar-refractivity contribution in [2.45, 2.75) is 0 Å². The third-order valence-corrected chi connectivity index (χ3v) is 3.31. The van der Waals surface area contributed by atoms with Crippen LogP contribution in [0.4, 0.5) is 0 Å². The van der Waals surface area contributed by atoms with Crippen molar-refractivity contribution in [3.05, 3.63) is 47.6 Å². The second kappa shape index (κ2) is 3.99. The van der Waals surface area contributed by atoms with Crippen molar-refractivity contribution in [3.8, 4) is 0 Å². The van der Waals surface area contributed by atoms with Crippen molar-refractivity contribution >= 4 is 27.3 Å². The zero-order valence-corrected chi connectivity index (χ0v) is 9.39. The van der Waals surface area contributed by atoms with Crippen LogP contribution >= 0.6 is 11.3 Å². The van der Waals surface area contributed by atoms with Gasteiger partial charge in [0.2, 0.25) is 0 Å². The molecule has 2 aromatic heterocycles. The van der Waals surface area contributed by atoms with Crippen LogP contribution in [-0.4, -0.2) is 20.9 Å². The number of hydrogen-bond donors (Lipinski definition) is 1. The summed E-state index contributed by atoms with van der Waals surface area (Å²) >= 11 is 1.44. The fourth-order valence-electron chi connectivity index (χ4n) is 1.50. The molecule has 6 heteroatoms. The Morgan fingerprint density at radius 2 is 2.24 bits per heavy atom. The number of rotatable bonds is 2. The van der Waals surface area contributed by atoms with Crippen molar-refractivity contribution in [2.24, 2.45) is 5.16 Å². The van der Waals surface area contributed by atoms with Gasteiger partial charge in [-0.05, 0) is 12.1 Å². The van der Waals surface area contributed by atoms with E-state index in [1.165, 1.54) is 23.9 Å². The highest BCUT2D eigenvalue weighted by Crippen LogP contribution is 2.23. The van der Waals surface area contributed by atoms with Gasteiger partial charge < -0.3 is 9.62 Å². The van der Waals surface area contributed by atoms with Crippen molar-refractivity contribution in [2.75, 3.05) is 0 Å². The molecule has 0 amide bonds. The van der Waals surface area contributed by atoms with Gasteiger partial charge in [-0.2, -0.15) is 0 Å². The number of thiazole rings is 1. The first kappa shape index (κ1) is 9.98. The smallest absolute Gasteiger partial charge is 0.182 e. The third-order valence-electron chi connectivity index (χ3n) is 2.26. The predicted molar refractivity (Wildman–Crippen MR) is 63.5 cm³/mol. The van der Waals surface area contributed by atoms with E-state index in [9.17, 15) is 0 Å². The third kappa shape index (κ3) is 1.68. The van der Waals surface area contributed by atoms with E-state index in [1.54, 1.807) is 0 Å². The Morgan fingerprint density at radius 1 is 1.35 bits per heavy atom. The van der Waals surface area contributed by atoms with Crippen molar-refractivity contribution in [1.82, 2.24) is 9.97 Å². The van der Waals surface area contributed by atoms with Crippen LogP contribution in [0.3, 0.4) is 0 Å². The average Bonchev–Trinajstić information content (AvgIpc) is 2.98. The maximum Gasteiger partial charge on any atom is 0.182 e. The molecule has 1 N–H and O–H groups in total. The Bertz CT molecular complexity index is 640. The number of benzene rings is 1. The van der Waals surface area contributed by atoms with Crippen LogP contribution in [0.25, 0.3) is 10.2 Å². The number of para-hydroxylation sites is 1. The molecule has 0 fully saturated rings. The van der Waals surface area contributed by atoms with E-state index >= 15 is 0 Å². The quantitative estimate of drug-likeness (QED) is 0.428. The molecule has 0 radical (unpaired) electrons. The topological polar surface area (TPSA) is 71.5 Å². The summed E-state index contributed by atoms with van der Waals surface area (Å²) in [6, 6.07) is 7.72. The number of nitrogens with zero attached hydrogens (tertiary/aromatic N) is 3. The maximum absolute atomic E-state index is 9.04. The Hall–Kier alpha value is -2.21. The molecule has 0 saturated carbocycles. The number of aromatic nitrogens is 2. The van der Waals surface area contributed by atoms with E-state index in [2.05, 4.69) is 15.1 Å². The molecule has 1 aromatic carbocycles. The largest absolute Gasteiger partial charge is 0.442 e. The van der Waals surface area contributed by atoms with Gasteiger partial charge in [-0.15, -0.1) is 11.3 Å². The lowest BCUT2D eigenvalue weighted by Crippen LogP contribution is -2.00. The van der Waals surface area contributed by atoms with Gasteiger partial charge in [0.25, 0.3) is 0 Å². The summed E-state index contributed by atoms with van der Waals surface area (Å²) in [5.74, 6) is 0.395. The SMILES string of the molecule is O/N=C(\c1cnco1)c1nc2ccccc2s1. The molecule has 84 valence electrons. The highest BCUT2D eigenvalue weighted by Gasteiger charge is 2.16. The second-order valence-corrected chi connectivity index (χ2v) is 4.33. The molecule has 0 saturated heterocycles. The lowest BCUT2D eigenvalue weighted by Gasteiger charge is -1.93. The molecular weight excluding hydrogens is 238 g/mol. The minimum Gasteiger partial charge on any atom is -0.442 e. The van der Waals surface area contributed by atoms with Crippen LogP contribution in [0.5, 0.6) is 0 Å². The van der Waals surface area contributed by atoms with Gasteiger partial charge in [0.05, 0.1) is 16.4 Å². The lowest BCUT2D eigenvalue weighted by molar-refractivity contribution is 0.318. The summed E-state index contributed by atoms with van der Waals surface area (Å²) < 4.78 is 6.13. The van der Waals surface area contributed by atoms with Crippen molar-refractivity contribution in [3.63, 3.8) is 0 Å². The maximum atomic E-state index is 9.04. The Labute approximate surface area is 100 Å². The normalized spacial score (nSPS) is 12.1. The zero-order chi connectivity index (χ0) is 11.7. The second-order valence-electron chi connectivity index (χ2n) is 3.30. The first-order chi connectivity index (χ1) is 8.38. The average molecular weight is 245 g/mol. The predicted octanol–water partition coefficient (Wildman–Crippen LogP) is 2.51. The van der Waals surface area contributed by atoms with E-state index in [0.29, 0.717) is 16.5 Å². The summed E-state index contributed by atoms with van der Waals surface area (Å²) in [7, 11) is 0. The number of oxime groups is 1. The summed E-state index contributed by atoms with van der Waals surface area (Å²) in [5, 5.41) is 12.9. The molecular formula is C11H7N3O2S. The highest BCUT2D eigenvalue weighted by molar-refractivity contribution is 7.20. The molecule has 0 aliphatic heterocycles. The zero-order valence-electron chi connectivity index (χ0n) is 8.57. The Kier molecular flexibility index (Phi) is 2.34. The molecule has 5 nitrogen and oxygen atoms in total. The molecule has 0 unspecified atom stereocenters. The van der Waals surface area contributed by atoms with Gasteiger partial charge in [-0.25, -0.2) is 9.97 Å². The van der Waals surface area contributed by atoms with Crippen molar-refractivity contribution in [1.29, 1.82) is 0 Å². The Morgan fingerprint density at radius 3 is 2.94 bits per heavy atom. The highest BCUT2D eigenvalue weighted by atomic mass is 32.1. The summed E-state index contributed by atoms with van der Waals surface area (Å²) in [4.78, 5) is 8.17. The molecule has 0 bridgehead atoms. The van der Waals surface area contributed by atoms with Crippen molar-refractivity contribution < 1.29 is 9.62 Å². The van der Waals surface area contributed by atoms with Crippen LogP contribution in [-0.2, 0) is 0 Å². The van der Waals surface area contributed by atoms with E-state index < -0.39 is 0 Å². The molecule has 0 aliphatic carbocycles. The van der Waals surface area contributed by atoms with Gasteiger partial charge in [0.1, 0.15) is 5.01 Å². The molecule has 3 aromatic rings. The fourth-order valence-corrected chi connectivity index (χ4v) is 2.46. The van der Waals surface area contributed by atoms with Crippen LogP contribution in [0.15, 0.2) is 46.4 Å². The van der Waals surface area contributed by atoms with Gasteiger partial charge in [0, 0.05) is 0 Å². The number of fused-ring (bicyclic) bond motifs is 1. The fraction of sp³-hybridized carbons (Fsp3) is 0. The first-order valence-corrected chi connectivity index (χ1v) is 5.67. The summed E-state index contributed by atoms with van der Waals surface area (Å²) in [6.07, 6.45) is 2.77. The minimum absolute atomic E-state index is 0.295. The number of hydrogen-bond acceptors (Lipinski definition) is 6. The first-order valence-electron chi connectivity index (χ1n) is 4.85. The molecule has 17 heavy (non-hydrogen) atoms. The summed E-state index contributed by atoms with van der Waals surface area (Å²) in [5.41, 5.74) is 1.16. The van der Waals surface area contributed by atoms with E-state index in [-0.39, 0.29) is 0 Å². The van der Waals surface area contributed by atoms with Gasteiger partial charge >= 0.3 is 0 Å². The van der Waals surface area contributed by atoms with Gasteiger partial charge in [-0.1, -0.05) is 17.3 Å². The van der Waals surface area contributed by atoms with Gasteiger partial charge in [0.15, 0.2) is 17.9 Å². The Balaban J connectivity index is 2.14. The standard InChI is InChI=1S/C11H7N3O2S/c15-14-10(8-5-12-6-16-8)11-13-7-3-1-2-4-9(7)17-11/h1-6,15H/b14-10+. The van der Waals surface area contributed by atoms with Crippen LogP contribution in [0.2, 0.25) is 0 Å². The van der Waals surface area contributed by atoms with E-state index in [1.807, 2.05) is 24.3 Å². The van der Waals surface area contributed by atoms with Gasteiger partial charge in [-0.3, -0.25) is 0 Å². The van der Waals surface area contributed by atoms with Crippen LogP contribution in [0.1, 0.15) is 10.8 Å². The molecule has 0 aliphatic rings. The monoisotopic (exact) mass is 245 g/mol. The molecule has 0 atom stereocenters. The lowest BCUT2D eigenvalue weighted by atomic mass is 10.3. The molecule has 2 heterocycles. The minimum atomic E-state index is 0.295. The van der Waals surface area contributed by atoms with Crippen LogP contribution in [0, 0.1) is 0 Å². The summed E-state index contributed by atoms with van der Waals surface area (Å²) in [6.45, 7) is 0. The molecule has 3 rings (SSSR count). The van der Waals surface area contributed by atoms with E-state index in [4.69, 9.17) is 9.62 Å². The number of oxazole rings is 1. The molecule has 0 spiro atoms. The van der Waals surface area contributed by atoms with E-state index in [0.717, 1.165) is 10.2 Å². The van der Waals surface area contributed by atoms with Crippen LogP contribution < -0.4 is 0 Å².